The van der Waals surface area contributed by atoms with E-state index >= 15 is 0 Å². The van der Waals surface area contributed by atoms with Crippen molar-refractivity contribution >= 4 is 11.4 Å². The fourth-order valence-corrected chi connectivity index (χ4v) is 2.57. The molecule has 0 spiro atoms. The lowest BCUT2D eigenvalue weighted by Crippen LogP contribution is -2.26. The molecular formula is C15H14FN. The first-order valence-electron chi connectivity index (χ1n) is 5.75. The van der Waals surface area contributed by atoms with Crippen molar-refractivity contribution in [2.24, 2.45) is 0 Å². The van der Waals surface area contributed by atoms with Gasteiger partial charge in [0.15, 0.2) is 0 Å². The van der Waals surface area contributed by atoms with Crippen molar-refractivity contribution in [1.29, 1.82) is 0 Å². The predicted octanol–water partition coefficient (Wildman–Crippen LogP) is 4.21. The van der Waals surface area contributed by atoms with Crippen LogP contribution in [0.5, 0.6) is 0 Å². The number of benzene rings is 2. The summed E-state index contributed by atoms with van der Waals surface area (Å²) in [5, 5.41) is 3.36. The number of rotatable bonds is 0. The van der Waals surface area contributed by atoms with Crippen LogP contribution in [0.3, 0.4) is 0 Å². The lowest BCUT2D eigenvalue weighted by molar-refractivity contribution is 0.600. The van der Waals surface area contributed by atoms with Gasteiger partial charge in [-0.15, -0.1) is 0 Å². The lowest BCUT2D eigenvalue weighted by Gasteiger charge is -2.35. The Hall–Kier alpha value is -1.83. The van der Waals surface area contributed by atoms with E-state index in [4.69, 9.17) is 0 Å². The topological polar surface area (TPSA) is 12.0 Å². The third-order valence-corrected chi connectivity index (χ3v) is 3.52. The largest absolute Gasteiger partial charge is 0.355 e. The predicted molar refractivity (Wildman–Crippen MR) is 68.3 cm³/mol. The first kappa shape index (κ1) is 10.3. The van der Waals surface area contributed by atoms with Crippen LogP contribution in [0.2, 0.25) is 0 Å². The molecule has 1 aliphatic rings. The van der Waals surface area contributed by atoms with E-state index < -0.39 is 0 Å². The molecule has 0 aliphatic carbocycles. The SMILES string of the molecule is CC1(C)c2ccccc2Nc2ccc(F)cc21. The summed E-state index contributed by atoms with van der Waals surface area (Å²) >= 11 is 0. The molecule has 1 heterocycles. The maximum atomic E-state index is 13.4. The zero-order valence-electron chi connectivity index (χ0n) is 9.92. The van der Waals surface area contributed by atoms with E-state index in [9.17, 15) is 4.39 Å². The smallest absolute Gasteiger partial charge is 0.123 e. The average molecular weight is 227 g/mol. The monoisotopic (exact) mass is 227 g/mol. The van der Waals surface area contributed by atoms with Crippen LogP contribution >= 0.6 is 0 Å². The van der Waals surface area contributed by atoms with Gasteiger partial charge >= 0.3 is 0 Å². The number of halogens is 1. The molecule has 17 heavy (non-hydrogen) atoms. The Kier molecular flexibility index (Phi) is 2.02. The molecule has 0 saturated carbocycles. The minimum Gasteiger partial charge on any atom is -0.355 e. The maximum Gasteiger partial charge on any atom is 0.123 e. The van der Waals surface area contributed by atoms with Gasteiger partial charge in [-0.25, -0.2) is 4.39 Å². The van der Waals surface area contributed by atoms with Crippen molar-refractivity contribution < 1.29 is 4.39 Å². The number of nitrogens with one attached hydrogen (secondary N) is 1. The molecule has 0 fully saturated rings. The molecule has 3 rings (SSSR count). The summed E-state index contributed by atoms with van der Waals surface area (Å²) in [5.41, 5.74) is 4.15. The molecule has 0 atom stereocenters. The Morgan fingerprint density at radius 1 is 0.941 bits per heavy atom. The summed E-state index contributed by atoms with van der Waals surface area (Å²) in [4.78, 5) is 0. The van der Waals surface area contributed by atoms with Gasteiger partial charge in [-0.05, 0) is 35.4 Å². The van der Waals surface area contributed by atoms with Crippen molar-refractivity contribution in [2.45, 2.75) is 19.3 Å². The highest BCUT2D eigenvalue weighted by molar-refractivity contribution is 5.75. The summed E-state index contributed by atoms with van der Waals surface area (Å²) in [6, 6.07) is 13.1. The second-order valence-corrected chi connectivity index (χ2v) is 4.99. The molecule has 1 N–H and O–H groups in total. The van der Waals surface area contributed by atoms with Crippen LogP contribution in [-0.4, -0.2) is 0 Å². The van der Waals surface area contributed by atoms with E-state index in [1.807, 2.05) is 18.2 Å². The van der Waals surface area contributed by atoms with Crippen LogP contribution in [0.25, 0.3) is 0 Å². The van der Waals surface area contributed by atoms with Crippen molar-refractivity contribution in [3.8, 4) is 0 Å². The van der Waals surface area contributed by atoms with Crippen molar-refractivity contribution in [2.75, 3.05) is 5.32 Å². The van der Waals surface area contributed by atoms with Crippen LogP contribution < -0.4 is 5.32 Å². The summed E-state index contributed by atoms with van der Waals surface area (Å²) < 4.78 is 13.4. The van der Waals surface area contributed by atoms with Crippen molar-refractivity contribution in [3.05, 3.63) is 59.4 Å². The Morgan fingerprint density at radius 2 is 1.65 bits per heavy atom. The number of hydrogen-bond acceptors (Lipinski definition) is 1. The Labute approximate surface area is 100 Å². The Bertz CT molecular complexity index is 587. The third kappa shape index (κ3) is 1.44. The normalized spacial score (nSPS) is 15.7. The standard InChI is InChI=1S/C15H14FN/c1-15(2)11-5-3-4-6-13(11)17-14-8-7-10(16)9-12(14)15/h3-9,17H,1-2H3. The van der Waals surface area contributed by atoms with Gasteiger partial charge in [0, 0.05) is 16.8 Å². The van der Waals surface area contributed by atoms with E-state index in [0.717, 1.165) is 16.9 Å². The van der Waals surface area contributed by atoms with Gasteiger partial charge in [0.05, 0.1) is 0 Å². The van der Waals surface area contributed by atoms with Gasteiger partial charge in [0.1, 0.15) is 5.82 Å². The first-order chi connectivity index (χ1) is 8.09. The highest BCUT2D eigenvalue weighted by atomic mass is 19.1. The van der Waals surface area contributed by atoms with Crippen LogP contribution in [0.1, 0.15) is 25.0 Å². The van der Waals surface area contributed by atoms with E-state index in [-0.39, 0.29) is 11.2 Å². The first-order valence-corrected chi connectivity index (χ1v) is 5.75. The fraction of sp³-hybridized carbons (Fsp3) is 0.200. The number of para-hydroxylation sites is 1. The minimum absolute atomic E-state index is 0.167. The molecule has 2 heteroatoms. The van der Waals surface area contributed by atoms with Gasteiger partial charge < -0.3 is 5.32 Å². The molecule has 1 nitrogen and oxygen atoms in total. The van der Waals surface area contributed by atoms with E-state index in [1.54, 1.807) is 6.07 Å². The van der Waals surface area contributed by atoms with Gasteiger partial charge in [-0.3, -0.25) is 0 Å². The van der Waals surface area contributed by atoms with Gasteiger partial charge in [0.25, 0.3) is 0 Å². The van der Waals surface area contributed by atoms with Crippen LogP contribution in [0.4, 0.5) is 15.8 Å². The summed E-state index contributed by atoms with van der Waals surface area (Å²) in [7, 11) is 0. The van der Waals surface area contributed by atoms with E-state index in [0.29, 0.717) is 0 Å². The van der Waals surface area contributed by atoms with Gasteiger partial charge in [0.2, 0.25) is 0 Å². The highest BCUT2D eigenvalue weighted by Crippen LogP contribution is 2.45. The van der Waals surface area contributed by atoms with Crippen molar-refractivity contribution in [3.63, 3.8) is 0 Å². The number of anilines is 2. The molecule has 2 aromatic carbocycles. The van der Waals surface area contributed by atoms with Crippen molar-refractivity contribution in [1.82, 2.24) is 0 Å². The second-order valence-electron chi connectivity index (χ2n) is 4.99. The lowest BCUT2D eigenvalue weighted by atomic mass is 9.74. The van der Waals surface area contributed by atoms with E-state index in [1.165, 1.54) is 11.6 Å². The number of fused-ring (bicyclic) bond motifs is 2. The zero-order valence-corrected chi connectivity index (χ0v) is 9.92. The van der Waals surface area contributed by atoms with Crippen LogP contribution in [-0.2, 0) is 5.41 Å². The molecule has 1 aliphatic heterocycles. The molecular weight excluding hydrogens is 213 g/mol. The summed E-state index contributed by atoms with van der Waals surface area (Å²) in [6.45, 7) is 4.26. The molecule has 2 aromatic rings. The average Bonchev–Trinajstić information content (AvgIpc) is 2.31. The molecule has 0 bridgehead atoms. The zero-order chi connectivity index (χ0) is 12.0. The Balaban J connectivity index is 2.27. The highest BCUT2D eigenvalue weighted by Gasteiger charge is 2.32. The van der Waals surface area contributed by atoms with Gasteiger partial charge in [-0.1, -0.05) is 32.0 Å². The minimum atomic E-state index is -0.182. The molecule has 0 saturated heterocycles. The summed E-state index contributed by atoms with van der Waals surface area (Å²) in [5.74, 6) is -0.182. The molecule has 0 radical (unpaired) electrons. The second kappa shape index (κ2) is 3.33. The quantitative estimate of drug-likeness (QED) is 0.711. The van der Waals surface area contributed by atoms with E-state index in [2.05, 4.69) is 31.3 Å². The van der Waals surface area contributed by atoms with Crippen LogP contribution in [0, 0.1) is 5.82 Å². The third-order valence-electron chi connectivity index (χ3n) is 3.52. The summed E-state index contributed by atoms with van der Waals surface area (Å²) in [6.07, 6.45) is 0. The number of hydrogen-bond donors (Lipinski definition) is 1. The molecule has 0 unspecified atom stereocenters. The molecule has 0 aromatic heterocycles. The maximum absolute atomic E-state index is 13.4. The fourth-order valence-electron chi connectivity index (χ4n) is 2.57. The van der Waals surface area contributed by atoms with Gasteiger partial charge in [-0.2, -0.15) is 0 Å². The van der Waals surface area contributed by atoms with Crippen LogP contribution in [0.15, 0.2) is 42.5 Å². The molecule has 0 amide bonds. The molecule has 86 valence electrons. The Morgan fingerprint density at radius 3 is 2.47 bits per heavy atom.